The predicted molar refractivity (Wildman–Crippen MR) is 91.1 cm³/mol. The number of quaternary nitrogens is 1. The largest absolute Gasteiger partial charge is 0.481 e. The summed E-state index contributed by atoms with van der Waals surface area (Å²) >= 11 is 0. The highest BCUT2D eigenvalue weighted by Gasteiger charge is 2.39. The van der Waals surface area contributed by atoms with E-state index in [0.29, 0.717) is 18.8 Å². The maximum Gasteiger partial charge on any atom is 0.322 e. The Kier molecular flexibility index (Phi) is 5.53. The smallest absolute Gasteiger partial charge is 0.322 e. The number of hydrogen-bond acceptors (Lipinski definition) is 2. The molecule has 2 amide bonds. The van der Waals surface area contributed by atoms with Crippen molar-refractivity contribution in [3.8, 4) is 0 Å². The number of benzene rings is 1. The van der Waals surface area contributed by atoms with Gasteiger partial charge in [-0.1, -0.05) is 6.42 Å². The molecule has 0 radical (unpaired) electrons. The van der Waals surface area contributed by atoms with Crippen LogP contribution in [0.2, 0.25) is 0 Å². The Balaban J connectivity index is 1.53. The van der Waals surface area contributed by atoms with Crippen LogP contribution in [0.1, 0.15) is 25.7 Å². The van der Waals surface area contributed by atoms with Crippen molar-refractivity contribution in [1.82, 2.24) is 4.90 Å². The van der Waals surface area contributed by atoms with Gasteiger partial charge in [0.15, 0.2) is 0 Å². The minimum atomic E-state index is -0.686. The summed E-state index contributed by atoms with van der Waals surface area (Å²) in [6.07, 6.45) is 3.80. The van der Waals surface area contributed by atoms with Crippen molar-refractivity contribution in [3.63, 3.8) is 0 Å². The zero-order valence-electron chi connectivity index (χ0n) is 14.2. The lowest BCUT2D eigenvalue weighted by Gasteiger charge is -2.40. The molecule has 25 heavy (non-hydrogen) atoms. The number of rotatable bonds is 3. The lowest BCUT2D eigenvalue weighted by molar-refractivity contribution is -0.933. The van der Waals surface area contributed by atoms with Crippen LogP contribution < -0.4 is 10.2 Å². The lowest BCUT2D eigenvalue weighted by atomic mass is 9.83. The van der Waals surface area contributed by atoms with Crippen LogP contribution in [0.4, 0.5) is 14.9 Å². The monoisotopic (exact) mass is 350 g/mol. The number of anilines is 1. The second-order valence-corrected chi connectivity index (χ2v) is 6.92. The Labute approximate surface area is 146 Å². The molecule has 136 valence electrons. The highest BCUT2D eigenvalue weighted by Crippen LogP contribution is 2.23. The summed E-state index contributed by atoms with van der Waals surface area (Å²) in [5.74, 6) is -1.28. The molecule has 1 aromatic carbocycles. The quantitative estimate of drug-likeness (QED) is 0.767. The summed E-state index contributed by atoms with van der Waals surface area (Å²) in [5, 5.41) is 12.2. The van der Waals surface area contributed by atoms with E-state index in [2.05, 4.69) is 5.32 Å². The second-order valence-electron chi connectivity index (χ2n) is 6.92. The summed E-state index contributed by atoms with van der Waals surface area (Å²) in [4.78, 5) is 26.9. The van der Waals surface area contributed by atoms with Crippen LogP contribution >= 0.6 is 0 Å². The van der Waals surface area contributed by atoms with Crippen LogP contribution in [0.15, 0.2) is 24.3 Å². The molecular weight excluding hydrogens is 325 g/mol. The van der Waals surface area contributed by atoms with Crippen molar-refractivity contribution >= 4 is 17.7 Å². The van der Waals surface area contributed by atoms with Gasteiger partial charge in [-0.2, -0.15) is 0 Å². The van der Waals surface area contributed by atoms with Crippen molar-refractivity contribution in [3.05, 3.63) is 30.1 Å². The minimum Gasteiger partial charge on any atom is -0.481 e. The van der Waals surface area contributed by atoms with Crippen molar-refractivity contribution in [1.29, 1.82) is 0 Å². The fourth-order valence-electron chi connectivity index (χ4n) is 4.02. The van der Waals surface area contributed by atoms with E-state index in [1.165, 1.54) is 29.2 Å². The minimum absolute atomic E-state index is 0.161. The number of carbonyl (C=O) groups excluding carboxylic acids is 1. The van der Waals surface area contributed by atoms with Gasteiger partial charge >= 0.3 is 12.0 Å². The van der Waals surface area contributed by atoms with Gasteiger partial charge in [-0.25, -0.2) is 9.18 Å². The van der Waals surface area contributed by atoms with Gasteiger partial charge in [0, 0.05) is 12.1 Å². The molecule has 3 N–H and O–H groups in total. The number of nitrogens with zero attached hydrogens (tertiary/aromatic N) is 1. The fraction of sp³-hybridized carbons (Fsp3) is 0.556. The second kappa shape index (κ2) is 7.82. The Morgan fingerprint density at radius 2 is 1.76 bits per heavy atom. The van der Waals surface area contributed by atoms with Gasteiger partial charge < -0.3 is 20.2 Å². The molecule has 7 heteroatoms. The zero-order chi connectivity index (χ0) is 17.8. The molecule has 1 saturated carbocycles. The van der Waals surface area contributed by atoms with E-state index >= 15 is 0 Å². The lowest BCUT2D eigenvalue weighted by Crippen LogP contribution is -3.19. The molecule has 1 saturated heterocycles. The van der Waals surface area contributed by atoms with Crippen LogP contribution in [0, 0.1) is 11.7 Å². The third kappa shape index (κ3) is 4.28. The number of nitrogens with one attached hydrogen (secondary N) is 2. The van der Waals surface area contributed by atoms with Gasteiger partial charge in [-0.05, 0) is 37.1 Å². The summed E-state index contributed by atoms with van der Waals surface area (Å²) in [5.41, 5.74) is 0.569. The zero-order valence-corrected chi connectivity index (χ0v) is 14.2. The van der Waals surface area contributed by atoms with E-state index < -0.39 is 5.97 Å². The molecular formula is C18H25FN3O3+. The number of amides is 2. The number of carboxylic acid groups (broad SMARTS) is 1. The summed E-state index contributed by atoms with van der Waals surface area (Å²) in [6.45, 7) is 2.74. The van der Waals surface area contributed by atoms with E-state index in [4.69, 9.17) is 0 Å². The number of urea groups is 1. The molecule has 0 aromatic heterocycles. The average Bonchev–Trinajstić information content (AvgIpc) is 2.63. The normalized spacial score (nSPS) is 24.8. The fourth-order valence-corrected chi connectivity index (χ4v) is 4.02. The number of aliphatic carboxylic acids is 1. The van der Waals surface area contributed by atoms with Crippen molar-refractivity contribution in [2.24, 2.45) is 5.92 Å². The summed E-state index contributed by atoms with van der Waals surface area (Å²) in [7, 11) is 0. The van der Waals surface area contributed by atoms with E-state index in [1.54, 1.807) is 4.90 Å². The number of carboxylic acids is 1. The molecule has 2 fully saturated rings. The molecule has 6 nitrogen and oxygen atoms in total. The Hall–Kier alpha value is -2.15. The Morgan fingerprint density at radius 3 is 2.40 bits per heavy atom. The van der Waals surface area contributed by atoms with Crippen molar-refractivity contribution in [2.75, 3.05) is 31.5 Å². The molecule has 0 spiro atoms. The molecule has 2 aliphatic rings. The SMILES string of the molecule is O=C(O)[C@@H]1CCCC[C@H]1[NH+]1CCN(C(=O)Nc2ccc(F)cc2)CC1. The third-order valence-electron chi connectivity index (χ3n) is 5.40. The molecule has 1 aromatic rings. The van der Waals surface area contributed by atoms with E-state index in [-0.39, 0.29) is 23.8 Å². The first-order valence-electron chi connectivity index (χ1n) is 8.93. The topological polar surface area (TPSA) is 74.1 Å². The molecule has 3 rings (SSSR count). The maximum atomic E-state index is 12.9. The number of halogens is 1. The molecule has 0 unspecified atom stereocenters. The van der Waals surface area contributed by atoms with Crippen molar-refractivity contribution in [2.45, 2.75) is 31.7 Å². The highest BCUT2D eigenvalue weighted by atomic mass is 19.1. The van der Waals surface area contributed by atoms with Gasteiger partial charge in [0.05, 0.1) is 26.2 Å². The Bertz CT molecular complexity index is 614. The number of carbonyl (C=O) groups is 2. The van der Waals surface area contributed by atoms with E-state index in [9.17, 15) is 19.1 Å². The van der Waals surface area contributed by atoms with E-state index in [0.717, 1.165) is 38.8 Å². The van der Waals surface area contributed by atoms with E-state index in [1.807, 2.05) is 0 Å². The third-order valence-corrected chi connectivity index (χ3v) is 5.40. The molecule has 1 heterocycles. The Morgan fingerprint density at radius 1 is 1.12 bits per heavy atom. The van der Waals surface area contributed by atoms with Gasteiger partial charge in [0.25, 0.3) is 0 Å². The van der Waals surface area contributed by atoms with Crippen LogP contribution in [0.3, 0.4) is 0 Å². The van der Waals surface area contributed by atoms with Crippen LogP contribution in [0.5, 0.6) is 0 Å². The summed E-state index contributed by atoms with van der Waals surface area (Å²) in [6, 6.07) is 5.67. The first-order chi connectivity index (χ1) is 12.0. The first kappa shape index (κ1) is 17.7. The first-order valence-corrected chi connectivity index (χ1v) is 8.93. The van der Waals surface area contributed by atoms with Gasteiger partial charge in [-0.3, -0.25) is 4.79 Å². The molecule has 0 bridgehead atoms. The van der Waals surface area contributed by atoms with Crippen molar-refractivity contribution < 1.29 is 24.0 Å². The van der Waals surface area contributed by atoms with Gasteiger partial charge in [0.2, 0.25) is 0 Å². The molecule has 1 aliphatic heterocycles. The summed E-state index contributed by atoms with van der Waals surface area (Å²) < 4.78 is 12.9. The number of hydrogen-bond donors (Lipinski definition) is 3. The predicted octanol–water partition coefficient (Wildman–Crippen LogP) is 1.20. The van der Waals surface area contributed by atoms with Gasteiger partial charge in [0.1, 0.15) is 17.8 Å². The number of piperazine rings is 1. The van der Waals surface area contributed by atoms with Crippen LogP contribution in [-0.2, 0) is 4.79 Å². The standard InChI is InChI=1S/C18H24FN3O3/c19-13-5-7-14(8-6-13)20-18(25)22-11-9-21(10-12-22)16-4-2-1-3-15(16)17(23)24/h5-8,15-16H,1-4,9-12H2,(H,20,25)(H,23,24)/p+1/t15-,16-/m1/s1. The van der Waals surface area contributed by atoms with Crippen LogP contribution in [-0.4, -0.2) is 54.2 Å². The average molecular weight is 350 g/mol. The molecule has 1 aliphatic carbocycles. The maximum absolute atomic E-state index is 12.9. The highest BCUT2D eigenvalue weighted by molar-refractivity contribution is 5.89. The van der Waals surface area contributed by atoms with Gasteiger partial charge in [-0.15, -0.1) is 0 Å². The molecule has 2 atom stereocenters. The van der Waals surface area contributed by atoms with Crippen LogP contribution in [0.25, 0.3) is 0 Å².